The van der Waals surface area contributed by atoms with Gasteiger partial charge in [0.25, 0.3) is 0 Å². The molecule has 1 N–H and O–H groups in total. The number of hydrogen-bond donors (Lipinski definition) is 1. The maximum absolute atomic E-state index is 14.2. The Morgan fingerprint density at radius 3 is 2.70 bits per heavy atom. The molecule has 3 aromatic heterocycles. The first-order valence-corrected chi connectivity index (χ1v) is 13.3. The Bertz CT molecular complexity index is 1580. The number of ether oxygens (including phenoxy) is 2. The number of benzene rings is 1. The predicted octanol–water partition coefficient (Wildman–Crippen LogP) is 3.53. The average Bonchev–Trinajstić information content (AvgIpc) is 3.49. The van der Waals surface area contributed by atoms with Gasteiger partial charge in [0.2, 0.25) is 5.88 Å². The molecule has 6 rings (SSSR count). The zero-order valence-corrected chi connectivity index (χ0v) is 21.9. The summed E-state index contributed by atoms with van der Waals surface area (Å²) in [4.78, 5) is 20.7. The molecular formula is C29H29FN6O4. The van der Waals surface area contributed by atoms with Crippen LogP contribution in [0, 0.1) is 17.1 Å². The zero-order chi connectivity index (χ0) is 27.6. The van der Waals surface area contributed by atoms with Gasteiger partial charge in [-0.05, 0) is 30.7 Å². The number of hydrogen-bond acceptors (Lipinski definition) is 7. The number of carboxylic acids is 1. The summed E-state index contributed by atoms with van der Waals surface area (Å²) >= 11 is 0. The highest BCUT2D eigenvalue weighted by Crippen LogP contribution is 2.24. The number of nitrogens with zero attached hydrogens (tertiary/aromatic N) is 6. The lowest BCUT2D eigenvalue weighted by atomic mass is 10.1. The molecule has 11 heteroatoms. The second-order valence-corrected chi connectivity index (χ2v) is 10.1. The predicted molar refractivity (Wildman–Crippen MR) is 144 cm³/mol. The first kappa shape index (κ1) is 25.9. The summed E-state index contributed by atoms with van der Waals surface area (Å²) in [6.45, 7) is 5.50. The number of fused-ring (bicyclic) bond motifs is 1. The van der Waals surface area contributed by atoms with E-state index in [0.717, 1.165) is 62.9 Å². The number of halogens is 1. The quantitative estimate of drug-likeness (QED) is 0.341. The van der Waals surface area contributed by atoms with E-state index < -0.39 is 11.8 Å². The Morgan fingerprint density at radius 2 is 2.00 bits per heavy atom. The van der Waals surface area contributed by atoms with Crippen molar-refractivity contribution in [2.24, 2.45) is 0 Å². The summed E-state index contributed by atoms with van der Waals surface area (Å²) < 4.78 is 29.7. The third-order valence-corrected chi connectivity index (χ3v) is 7.51. The minimum atomic E-state index is -0.933. The van der Waals surface area contributed by atoms with Gasteiger partial charge < -0.3 is 28.4 Å². The van der Waals surface area contributed by atoms with E-state index in [1.54, 1.807) is 30.5 Å². The summed E-state index contributed by atoms with van der Waals surface area (Å²) in [5.74, 6) is -0.190. The molecule has 2 fully saturated rings. The highest BCUT2D eigenvalue weighted by atomic mass is 19.1. The first-order valence-electron chi connectivity index (χ1n) is 13.3. The van der Waals surface area contributed by atoms with E-state index in [0.29, 0.717) is 18.0 Å². The highest BCUT2D eigenvalue weighted by molar-refractivity contribution is 5.89. The standard InChI is InChI=1S/C29H29FN6O4/c30-25-12-20(14-31)4-5-21(25)19-40-27-3-1-2-26(32-27)34-9-7-33(8-10-34)16-23-17-35-15-22(29(37)38)13-28(35)36(23)18-24-6-11-39-24/h1-5,12-13,15,17,24H,6-11,16,18-19H2,(H,37,38). The monoisotopic (exact) mass is 544 g/mol. The molecule has 0 radical (unpaired) electrons. The van der Waals surface area contributed by atoms with Crippen LogP contribution < -0.4 is 9.64 Å². The molecule has 2 saturated heterocycles. The number of pyridine rings is 1. The number of rotatable bonds is 9. The molecule has 5 heterocycles. The molecule has 2 aliphatic rings. The van der Waals surface area contributed by atoms with E-state index in [-0.39, 0.29) is 23.8 Å². The highest BCUT2D eigenvalue weighted by Gasteiger charge is 2.25. The largest absolute Gasteiger partial charge is 0.478 e. The molecule has 0 aliphatic carbocycles. The number of carboxylic acid groups (broad SMARTS) is 1. The van der Waals surface area contributed by atoms with Crippen molar-refractivity contribution < 1.29 is 23.8 Å². The van der Waals surface area contributed by atoms with Gasteiger partial charge in [0, 0.05) is 63.4 Å². The fourth-order valence-corrected chi connectivity index (χ4v) is 5.16. The molecular weight excluding hydrogens is 515 g/mol. The fraction of sp³-hybridized carbons (Fsp3) is 0.345. The summed E-state index contributed by atoms with van der Waals surface area (Å²) in [6.07, 6.45) is 4.84. The third-order valence-electron chi connectivity index (χ3n) is 7.51. The topological polar surface area (TPSA) is 108 Å². The van der Waals surface area contributed by atoms with Crippen LogP contribution in [-0.2, 0) is 24.4 Å². The second-order valence-electron chi connectivity index (χ2n) is 10.1. The molecule has 1 atom stereocenters. The Morgan fingerprint density at radius 1 is 1.18 bits per heavy atom. The van der Waals surface area contributed by atoms with Gasteiger partial charge >= 0.3 is 5.97 Å². The third kappa shape index (κ3) is 5.36. The molecule has 10 nitrogen and oxygen atoms in total. The Hall–Kier alpha value is -4.40. The van der Waals surface area contributed by atoms with E-state index in [2.05, 4.69) is 19.4 Å². The van der Waals surface area contributed by atoms with E-state index in [1.807, 2.05) is 28.8 Å². The Labute approximate surface area is 230 Å². The van der Waals surface area contributed by atoms with Gasteiger partial charge in [-0.15, -0.1) is 0 Å². The molecule has 1 unspecified atom stereocenters. The van der Waals surface area contributed by atoms with Gasteiger partial charge in [-0.25, -0.2) is 9.18 Å². The molecule has 0 spiro atoms. The molecule has 0 saturated carbocycles. The van der Waals surface area contributed by atoms with Crippen LogP contribution >= 0.6 is 0 Å². The maximum atomic E-state index is 14.2. The van der Waals surface area contributed by atoms with Crippen LogP contribution in [0.3, 0.4) is 0 Å². The summed E-state index contributed by atoms with van der Waals surface area (Å²) in [6, 6.07) is 13.5. The van der Waals surface area contributed by atoms with Crippen LogP contribution in [0.4, 0.5) is 10.2 Å². The SMILES string of the molecule is N#Cc1ccc(COc2cccc(N3CCN(Cc4cn5cc(C(=O)O)cc5n4CC4CCO4)CC3)n2)c(F)c1. The van der Waals surface area contributed by atoms with Crippen molar-refractivity contribution in [2.75, 3.05) is 37.7 Å². The summed E-state index contributed by atoms with van der Waals surface area (Å²) in [5, 5.41) is 18.3. The van der Waals surface area contributed by atoms with E-state index in [1.165, 1.54) is 6.07 Å². The van der Waals surface area contributed by atoms with Crippen molar-refractivity contribution in [2.45, 2.75) is 32.2 Å². The van der Waals surface area contributed by atoms with Crippen molar-refractivity contribution in [3.8, 4) is 11.9 Å². The molecule has 40 heavy (non-hydrogen) atoms. The molecule has 4 aromatic rings. The van der Waals surface area contributed by atoms with Crippen LogP contribution in [0.2, 0.25) is 0 Å². The number of aromatic carboxylic acids is 1. The van der Waals surface area contributed by atoms with E-state index >= 15 is 0 Å². The van der Waals surface area contributed by atoms with Gasteiger partial charge in [0.15, 0.2) is 0 Å². The zero-order valence-electron chi connectivity index (χ0n) is 21.9. The van der Waals surface area contributed by atoms with Crippen LogP contribution in [0.25, 0.3) is 5.65 Å². The van der Waals surface area contributed by atoms with Crippen LogP contribution in [0.1, 0.15) is 33.6 Å². The van der Waals surface area contributed by atoms with Gasteiger partial charge in [0.05, 0.1) is 35.5 Å². The summed E-state index contributed by atoms with van der Waals surface area (Å²) in [7, 11) is 0. The lowest BCUT2D eigenvalue weighted by molar-refractivity contribution is -0.0591. The molecule has 206 valence electrons. The van der Waals surface area contributed by atoms with Crippen LogP contribution in [0.5, 0.6) is 5.88 Å². The molecule has 0 bridgehead atoms. The lowest BCUT2D eigenvalue weighted by Crippen LogP contribution is -2.46. The van der Waals surface area contributed by atoms with Crippen LogP contribution in [0.15, 0.2) is 54.9 Å². The van der Waals surface area contributed by atoms with Gasteiger partial charge in [-0.2, -0.15) is 10.2 Å². The van der Waals surface area contributed by atoms with Crippen molar-refractivity contribution in [3.05, 3.63) is 83.1 Å². The Kier molecular flexibility index (Phi) is 7.11. The minimum absolute atomic E-state index is 0.0237. The molecule has 0 amide bonds. The number of imidazole rings is 1. The summed E-state index contributed by atoms with van der Waals surface area (Å²) in [5.41, 5.74) is 2.90. The van der Waals surface area contributed by atoms with E-state index in [4.69, 9.17) is 14.7 Å². The van der Waals surface area contributed by atoms with Gasteiger partial charge in [-0.1, -0.05) is 12.1 Å². The number of piperazine rings is 1. The molecule has 2 aliphatic heterocycles. The van der Waals surface area contributed by atoms with Gasteiger partial charge in [0.1, 0.15) is 23.9 Å². The number of nitriles is 1. The van der Waals surface area contributed by atoms with E-state index in [9.17, 15) is 14.3 Å². The second kappa shape index (κ2) is 11.0. The minimum Gasteiger partial charge on any atom is -0.478 e. The average molecular weight is 545 g/mol. The number of anilines is 1. The number of carbonyl (C=O) groups is 1. The Balaban J connectivity index is 1.08. The maximum Gasteiger partial charge on any atom is 0.337 e. The normalized spacial score (nSPS) is 17.5. The smallest absolute Gasteiger partial charge is 0.337 e. The van der Waals surface area contributed by atoms with Crippen molar-refractivity contribution in [3.63, 3.8) is 0 Å². The van der Waals surface area contributed by atoms with Crippen LogP contribution in [-0.4, -0.2) is 68.8 Å². The van der Waals surface area contributed by atoms with Crippen molar-refractivity contribution in [1.29, 1.82) is 5.26 Å². The van der Waals surface area contributed by atoms with Gasteiger partial charge in [-0.3, -0.25) is 4.90 Å². The molecule has 1 aromatic carbocycles. The van der Waals surface area contributed by atoms with Crippen molar-refractivity contribution in [1.82, 2.24) is 18.9 Å². The number of aromatic nitrogens is 3. The fourth-order valence-electron chi connectivity index (χ4n) is 5.16. The first-order chi connectivity index (χ1) is 19.5. The van der Waals surface area contributed by atoms with Crippen molar-refractivity contribution >= 4 is 17.4 Å². The lowest BCUT2D eigenvalue weighted by Gasteiger charge is -2.35.